The molecule has 0 spiro atoms. The maximum absolute atomic E-state index is 5.76. The molecule has 0 fully saturated rings. The van der Waals surface area contributed by atoms with Crippen molar-refractivity contribution in [3.8, 4) is 0 Å². The zero-order valence-electron chi connectivity index (χ0n) is 9.78. The molecule has 17 heavy (non-hydrogen) atoms. The van der Waals surface area contributed by atoms with Crippen molar-refractivity contribution in [2.45, 2.75) is 6.42 Å². The smallest absolute Gasteiger partial charge is 0.157 e. The summed E-state index contributed by atoms with van der Waals surface area (Å²) in [5, 5.41) is 3.34. The highest BCUT2D eigenvalue weighted by molar-refractivity contribution is 6.32. The molecular formula is C10H17ClN4O2. The Morgan fingerprint density at radius 1 is 1.35 bits per heavy atom. The van der Waals surface area contributed by atoms with E-state index in [4.69, 9.17) is 26.8 Å². The maximum atomic E-state index is 5.76. The zero-order chi connectivity index (χ0) is 12.5. The number of rotatable bonds is 8. The lowest BCUT2D eigenvalue weighted by Crippen LogP contribution is -2.10. The number of nitrogens with zero attached hydrogens (tertiary/aromatic N) is 2. The van der Waals surface area contributed by atoms with E-state index < -0.39 is 0 Å². The Bertz CT molecular complexity index is 338. The molecule has 0 amide bonds. The molecule has 0 aromatic carbocycles. The molecule has 0 bridgehead atoms. The second-order valence-electron chi connectivity index (χ2n) is 3.31. The van der Waals surface area contributed by atoms with Crippen LogP contribution in [0.4, 0.5) is 11.5 Å². The van der Waals surface area contributed by atoms with Crippen LogP contribution >= 0.6 is 11.6 Å². The van der Waals surface area contributed by atoms with E-state index in [1.54, 1.807) is 7.11 Å². The molecule has 0 saturated heterocycles. The second kappa shape index (κ2) is 8.05. The van der Waals surface area contributed by atoms with Crippen LogP contribution in [-0.2, 0) is 9.47 Å². The van der Waals surface area contributed by atoms with Gasteiger partial charge in [-0.3, -0.25) is 0 Å². The Balaban J connectivity index is 2.16. The zero-order valence-corrected chi connectivity index (χ0v) is 10.5. The van der Waals surface area contributed by atoms with E-state index >= 15 is 0 Å². The molecule has 7 heteroatoms. The van der Waals surface area contributed by atoms with Crippen molar-refractivity contribution >= 4 is 23.1 Å². The molecule has 0 unspecified atom stereocenters. The van der Waals surface area contributed by atoms with Gasteiger partial charge in [-0.05, 0) is 6.42 Å². The van der Waals surface area contributed by atoms with E-state index in [1.807, 2.05) is 0 Å². The minimum absolute atomic E-state index is 0.263. The van der Waals surface area contributed by atoms with Crippen LogP contribution in [0.15, 0.2) is 6.33 Å². The molecule has 0 aliphatic carbocycles. The molecule has 0 aliphatic rings. The van der Waals surface area contributed by atoms with Crippen LogP contribution in [-0.4, -0.2) is 43.4 Å². The summed E-state index contributed by atoms with van der Waals surface area (Å²) < 4.78 is 10.2. The lowest BCUT2D eigenvalue weighted by molar-refractivity contribution is 0.0705. The summed E-state index contributed by atoms with van der Waals surface area (Å²) in [5.74, 6) is 0.557. The first-order valence-corrected chi connectivity index (χ1v) is 5.70. The van der Waals surface area contributed by atoms with Gasteiger partial charge >= 0.3 is 0 Å². The normalized spacial score (nSPS) is 10.5. The monoisotopic (exact) mass is 260 g/mol. The Labute approximate surface area is 105 Å². The van der Waals surface area contributed by atoms with Gasteiger partial charge < -0.3 is 20.5 Å². The van der Waals surface area contributed by atoms with Crippen LogP contribution < -0.4 is 11.1 Å². The maximum Gasteiger partial charge on any atom is 0.157 e. The number of anilines is 2. The van der Waals surface area contributed by atoms with E-state index in [0.29, 0.717) is 37.9 Å². The van der Waals surface area contributed by atoms with Crippen molar-refractivity contribution in [3.63, 3.8) is 0 Å². The number of ether oxygens (including phenoxy) is 2. The summed E-state index contributed by atoms with van der Waals surface area (Å²) in [6.07, 6.45) is 2.22. The van der Waals surface area contributed by atoms with E-state index in [-0.39, 0.29) is 5.15 Å². The SMILES string of the molecule is COCCOCCCNc1ncnc(Cl)c1N. The first kappa shape index (κ1) is 14.0. The highest BCUT2D eigenvalue weighted by atomic mass is 35.5. The Kier molecular flexibility index (Phi) is 6.61. The average Bonchev–Trinajstić information content (AvgIpc) is 2.33. The summed E-state index contributed by atoms with van der Waals surface area (Å²) in [6.45, 7) is 2.60. The van der Waals surface area contributed by atoms with Crippen molar-refractivity contribution in [3.05, 3.63) is 11.5 Å². The van der Waals surface area contributed by atoms with E-state index in [9.17, 15) is 0 Å². The first-order chi connectivity index (χ1) is 8.25. The summed E-state index contributed by atoms with van der Waals surface area (Å²) >= 11 is 5.76. The summed E-state index contributed by atoms with van der Waals surface area (Å²) in [7, 11) is 1.65. The highest BCUT2D eigenvalue weighted by Gasteiger charge is 2.04. The Hall–Kier alpha value is -1.11. The van der Waals surface area contributed by atoms with Crippen LogP contribution in [0.3, 0.4) is 0 Å². The van der Waals surface area contributed by atoms with Crippen molar-refractivity contribution in [2.75, 3.05) is 44.5 Å². The molecule has 0 radical (unpaired) electrons. The van der Waals surface area contributed by atoms with Gasteiger partial charge in [0.05, 0.1) is 13.2 Å². The first-order valence-electron chi connectivity index (χ1n) is 5.32. The number of halogens is 1. The third kappa shape index (κ3) is 5.16. The van der Waals surface area contributed by atoms with Crippen LogP contribution in [0.2, 0.25) is 5.15 Å². The minimum Gasteiger partial charge on any atom is -0.393 e. The number of hydrogen-bond acceptors (Lipinski definition) is 6. The molecule has 0 atom stereocenters. The van der Waals surface area contributed by atoms with Gasteiger partial charge in [-0.1, -0.05) is 11.6 Å². The van der Waals surface area contributed by atoms with Crippen molar-refractivity contribution in [1.82, 2.24) is 9.97 Å². The second-order valence-corrected chi connectivity index (χ2v) is 3.67. The van der Waals surface area contributed by atoms with Gasteiger partial charge in [-0.15, -0.1) is 0 Å². The molecule has 1 rings (SSSR count). The predicted octanol–water partition coefficient (Wildman–Crippen LogP) is 1.18. The van der Waals surface area contributed by atoms with Crippen molar-refractivity contribution < 1.29 is 9.47 Å². The number of nitrogens with two attached hydrogens (primary N) is 1. The quantitative estimate of drug-likeness (QED) is 0.539. The average molecular weight is 261 g/mol. The number of nitrogens with one attached hydrogen (secondary N) is 1. The van der Waals surface area contributed by atoms with Crippen LogP contribution in [0.25, 0.3) is 0 Å². The topological polar surface area (TPSA) is 82.3 Å². The van der Waals surface area contributed by atoms with E-state index in [2.05, 4.69) is 15.3 Å². The number of nitrogen functional groups attached to an aromatic ring is 1. The molecule has 1 aromatic rings. The lowest BCUT2D eigenvalue weighted by Gasteiger charge is -2.08. The van der Waals surface area contributed by atoms with Gasteiger partial charge in [-0.2, -0.15) is 0 Å². The fourth-order valence-corrected chi connectivity index (χ4v) is 1.27. The predicted molar refractivity (Wildman–Crippen MR) is 67.3 cm³/mol. The number of methoxy groups -OCH3 is 1. The van der Waals surface area contributed by atoms with Gasteiger partial charge in [-0.25, -0.2) is 9.97 Å². The van der Waals surface area contributed by atoms with Gasteiger partial charge in [0.15, 0.2) is 11.0 Å². The molecule has 6 nitrogen and oxygen atoms in total. The van der Waals surface area contributed by atoms with Crippen molar-refractivity contribution in [2.24, 2.45) is 0 Å². The summed E-state index contributed by atoms with van der Waals surface area (Å²) in [6, 6.07) is 0. The van der Waals surface area contributed by atoms with Crippen LogP contribution in [0.1, 0.15) is 6.42 Å². The molecule has 96 valence electrons. The number of hydrogen-bond donors (Lipinski definition) is 2. The highest BCUT2D eigenvalue weighted by Crippen LogP contribution is 2.21. The standard InChI is InChI=1S/C10H17ClN4O2/c1-16-5-6-17-4-2-3-13-10-8(12)9(11)14-7-15-10/h7H,2-6,12H2,1H3,(H,13,14,15). The summed E-state index contributed by atoms with van der Waals surface area (Å²) in [5.41, 5.74) is 6.07. The molecule has 1 aromatic heterocycles. The van der Waals surface area contributed by atoms with Gasteiger partial charge in [0.2, 0.25) is 0 Å². The molecule has 0 saturated carbocycles. The fourth-order valence-electron chi connectivity index (χ4n) is 1.14. The number of aromatic nitrogens is 2. The third-order valence-corrected chi connectivity index (χ3v) is 2.33. The molecule has 0 aliphatic heterocycles. The van der Waals surface area contributed by atoms with E-state index in [0.717, 1.165) is 6.42 Å². The van der Waals surface area contributed by atoms with Crippen LogP contribution in [0.5, 0.6) is 0 Å². The Morgan fingerprint density at radius 2 is 2.18 bits per heavy atom. The molecule has 3 N–H and O–H groups in total. The Morgan fingerprint density at radius 3 is 2.94 bits per heavy atom. The molecule has 1 heterocycles. The third-order valence-electron chi connectivity index (χ3n) is 2.02. The fraction of sp³-hybridized carbons (Fsp3) is 0.600. The van der Waals surface area contributed by atoms with E-state index in [1.165, 1.54) is 6.33 Å². The van der Waals surface area contributed by atoms with Gasteiger partial charge in [0.25, 0.3) is 0 Å². The van der Waals surface area contributed by atoms with Crippen molar-refractivity contribution in [1.29, 1.82) is 0 Å². The minimum atomic E-state index is 0.263. The van der Waals surface area contributed by atoms with Gasteiger partial charge in [0, 0.05) is 20.3 Å². The lowest BCUT2D eigenvalue weighted by atomic mass is 10.4. The van der Waals surface area contributed by atoms with Gasteiger partial charge in [0.1, 0.15) is 12.0 Å². The van der Waals surface area contributed by atoms with Crippen LogP contribution in [0, 0.1) is 0 Å². The largest absolute Gasteiger partial charge is 0.393 e. The molecular weight excluding hydrogens is 244 g/mol. The summed E-state index contributed by atoms with van der Waals surface area (Å²) in [4.78, 5) is 7.76.